The van der Waals surface area contributed by atoms with Crippen LogP contribution in [-0.2, 0) is 10.0 Å². The van der Waals surface area contributed by atoms with Crippen LogP contribution in [0, 0.1) is 11.8 Å². The van der Waals surface area contributed by atoms with E-state index in [0.717, 1.165) is 13.1 Å². The van der Waals surface area contributed by atoms with Crippen molar-refractivity contribution in [3.63, 3.8) is 0 Å². The highest BCUT2D eigenvalue weighted by Gasteiger charge is 2.42. The Morgan fingerprint density at radius 2 is 1.65 bits per heavy atom. The third-order valence-electron chi connectivity index (χ3n) is 4.57. The summed E-state index contributed by atoms with van der Waals surface area (Å²) in [5.74, 6) is 1.73. The lowest BCUT2D eigenvalue weighted by Crippen LogP contribution is -2.32. The van der Waals surface area contributed by atoms with E-state index in [1.807, 2.05) is 0 Å². The molecule has 0 radical (unpaired) electrons. The smallest absolute Gasteiger partial charge is 0.244 e. The number of halogens is 2. The van der Waals surface area contributed by atoms with E-state index in [1.165, 1.54) is 12.1 Å². The Kier molecular flexibility index (Phi) is 4.68. The second-order valence-electron chi connectivity index (χ2n) is 5.93. The van der Waals surface area contributed by atoms with E-state index in [1.54, 1.807) is 4.31 Å². The first-order chi connectivity index (χ1) is 10.6. The van der Waals surface area contributed by atoms with Crippen LogP contribution in [0.3, 0.4) is 0 Å². The molecule has 128 valence electrons. The molecule has 3 aliphatic heterocycles. The lowest BCUT2D eigenvalue weighted by Gasteiger charge is -2.22. The molecule has 0 bridgehead atoms. The Bertz CT molecular complexity index is 701. The molecule has 9 heteroatoms. The number of benzene rings is 1. The molecular formula is C14H18Cl2N2O4S. The van der Waals surface area contributed by atoms with Gasteiger partial charge in [-0.1, -0.05) is 11.6 Å². The maximum absolute atomic E-state index is 12.9. The van der Waals surface area contributed by atoms with Crippen LogP contribution in [0.2, 0.25) is 5.02 Å². The van der Waals surface area contributed by atoms with Gasteiger partial charge in [0.1, 0.15) is 18.1 Å². The van der Waals surface area contributed by atoms with Crippen molar-refractivity contribution in [2.45, 2.75) is 4.90 Å². The fraction of sp³-hybridized carbons (Fsp3) is 0.571. The van der Waals surface area contributed by atoms with Crippen molar-refractivity contribution in [2.24, 2.45) is 11.8 Å². The predicted octanol–water partition coefficient (Wildman–Crippen LogP) is 1.37. The number of nitrogens with one attached hydrogen (secondary N) is 1. The first-order valence-electron chi connectivity index (χ1n) is 7.36. The van der Waals surface area contributed by atoms with E-state index >= 15 is 0 Å². The predicted molar refractivity (Wildman–Crippen MR) is 88.3 cm³/mol. The van der Waals surface area contributed by atoms with Gasteiger partial charge < -0.3 is 14.8 Å². The molecular weight excluding hydrogens is 363 g/mol. The van der Waals surface area contributed by atoms with Crippen molar-refractivity contribution in [2.75, 3.05) is 39.4 Å². The van der Waals surface area contributed by atoms with E-state index < -0.39 is 10.0 Å². The zero-order valence-electron chi connectivity index (χ0n) is 12.3. The van der Waals surface area contributed by atoms with Gasteiger partial charge in [-0.2, -0.15) is 4.31 Å². The van der Waals surface area contributed by atoms with Gasteiger partial charge in [0.05, 0.1) is 5.02 Å². The molecule has 3 aliphatic rings. The lowest BCUT2D eigenvalue weighted by molar-refractivity contribution is 0.171. The highest BCUT2D eigenvalue weighted by atomic mass is 35.5. The van der Waals surface area contributed by atoms with E-state index in [9.17, 15) is 8.42 Å². The molecule has 0 spiro atoms. The van der Waals surface area contributed by atoms with E-state index in [4.69, 9.17) is 21.1 Å². The van der Waals surface area contributed by atoms with Gasteiger partial charge in [0.2, 0.25) is 10.0 Å². The molecule has 4 rings (SSSR count). The molecule has 0 aliphatic carbocycles. The van der Waals surface area contributed by atoms with Gasteiger partial charge in [-0.25, -0.2) is 8.42 Å². The molecule has 1 aromatic rings. The molecule has 0 unspecified atom stereocenters. The number of sulfonamides is 1. The Morgan fingerprint density at radius 3 is 2.26 bits per heavy atom. The summed E-state index contributed by atoms with van der Waals surface area (Å²) in [5.41, 5.74) is 0. The molecule has 1 aromatic carbocycles. The quantitative estimate of drug-likeness (QED) is 0.838. The average molecular weight is 381 g/mol. The van der Waals surface area contributed by atoms with E-state index in [2.05, 4.69) is 5.32 Å². The van der Waals surface area contributed by atoms with Crippen molar-refractivity contribution in [3.05, 3.63) is 17.2 Å². The SMILES string of the molecule is Cl.O=S(=O)(c1cc2c(cc1Cl)OCCO2)N1C[C@H]2CNC[C@H]2C1. The third kappa shape index (κ3) is 2.89. The fourth-order valence-corrected chi connectivity index (χ4v) is 5.45. The van der Waals surface area contributed by atoms with Crippen LogP contribution in [0.1, 0.15) is 0 Å². The number of ether oxygens (including phenoxy) is 2. The maximum atomic E-state index is 12.9. The molecule has 2 fully saturated rings. The summed E-state index contributed by atoms with van der Waals surface area (Å²) in [6, 6.07) is 3.01. The number of fused-ring (bicyclic) bond motifs is 2. The first kappa shape index (κ1) is 17.1. The van der Waals surface area contributed by atoms with Crippen LogP contribution in [0.4, 0.5) is 0 Å². The lowest BCUT2D eigenvalue weighted by atomic mass is 10.0. The van der Waals surface area contributed by atoms with Crippen LogP contribution in [0.5, 0.6) is 11.5 Å². The summed E-state index contributed by atoms with van der Waals surface area (Å²) in [7, 11) is -3.61. The van der Waals surface area contributed by atoms with Crippen molar-refractivity contribution >= 4 is 34.0 Å². The van der Waals surface area contributed by atoms with Gasteiger partial charge in [0.25, 0.3) is 0 Å². The number of hydrogen-bond donors (Lipinski definition) is 1. The average Bonchev–Trinajstić information content (AvgIpc) is 3.07. The van der Waals surface area contributed by atoms with Crippen molar-refractivity contribution in [1.29, 1.82) is 0 Å². The Morgan fingerprint density at radius 1 is 1.09 bits per heavy atom. The molecule has 3 heterocycles. The van der Waals surface area contributed by atoms with Crippen LogP contribution < -0.4 is 14.8 Å². The molecule has 1 N–H and O–H groups in total. The summed E-state index contributed by atoms with van der Waals surface area (Å²) >= 11 is 6.19. The molecule has 6 nitrogen and oxygen atoms in total. The topological polar surface area (TPSA) is 67.9 Å². The highest BCUT2D eigenvalue weighted by Crippen LogP contribution is 2.39. The summed E-state index contributed by atoms with van der Waals surface area (Å²) in [6.07, 6.45) is 0. The van der Waals surface area contributed by atoms with Crippen LogP contribution >= 0.6 is 24.0 Å². The molecule has 0 saturated carbocycles. The Hall–Kier alpha value is -0.730. The minimum Gasteiger partial charge on any atom is -0.486 e. The zero-order chi connectivity index (χ0) is 15.3. The van der Waals surface area contributed by atoms with Crippen molar-refractivity contribution in [3.8, 4) is 11.5 Å². The van der Waals surface area contributed by atoms with Crippen molar-refractivity contribution < 1.29 is 17.9 Å². The standard InChI is InChI=1S/C14H17ClN2O4S.ClH/c15-11-3-12-13(21-2-1-20-12)4-14(11)22(18,19)17-7-9-5-16-6-10(9)8-17;/h3-4,9-10,16H,1-2,5-8H2;1H/t9-,10+;. The van der Waals surface area contributed by atoms with Gasteiger partial charge in [-0.15, -0.1) is 12.4 Å². The first-order valence-corrected chi connectivity index (χ1v) is 9.17. The van der Waals surface area contributed by atoms with Crippen LogP contribution in [0.25, 0.3) is 0 Å². The third-order valence-corrected chi connectivity index (χ3v) is 6.87. The second-order valence-corrected chi connectivity index (χ2v) is 8.24. The molecule has 0 aromatic heterocycles. The number of rotatable bonds is 2. The Balaban J connectivity index is 0.00000156. The van der Waals surface area contributed by atoms with E-state index in [-0.39, 0.29) is 22.3 Å². The zero-order valence-corrected chi connectivity index (χ0v) is 14.7. The minimum absolute atomic E-state index is 0. The monoisotopic (exact) mass is 380 g/mol. The van der Waals surface area contributed by atoms with Gasteiger partial charge in [-0.3, -0.25) is 0 Å². The fourth-order valence-electron chi connectivity index (χ4n) is 3.39. The normalized spacial score (nSPS) is 26.7. The summed E-state index contributed by atoms with van der Waals surface area (Å²) < 4.78 is 38.2. The maximum Gasteiger partial charge on any atom is 0.244 e. The largest absolute Gasteiger partial charge is 0.486 e. The van der Waals surface area contributed by atoms with Crippen LogP contribution in [-0.4, -0.2) is 52.1 Å². The highest BCUT2D eigenvalue weighted by molar-refractivity contribution is 7.89. The minimum atomic E-state index is -3.61. The molecule has 2 saturated heterocycles. The van der Waals surface area contributed by atoms with Crippen molar-refractivity contribution in [1.82, 2.24) is 9.62 Å². The molecule has 2 atom stereocenters. The summed E-state index contributed by atoms with van der Waals surface area (Å²) in [5, 5.41) is 3.48. The van der Waals surface area contributed by atoms with Gasteiger partial charge >= 0.3 is 0 Å². The van der Waals surface area contributed by atoms with Gasteiger partial charge in [0.15, 0.2) is 11.5 Å². The van der Waals surface area contributed by atoms with Gasteiger partial charge in [-0.05, 0) is 24.9 Å². The van der Waals surface area contributed by atoms with Crippen LogP contribution in [0.15, 0.2) is 17.0 Å². The summed E-state index contributed by atoms with van der Waals surface area (Å²) in [6.45, 7) is 3.71. The molecule has 23 heavy (non-hydrogen) atoms. The molecule has 0 amide bonds. The number of nitrogens with zero attached hydrogens (tertiary/aromatic N) is 1. The second kappa shape index (κ2) is 6.29. The van der Waals surface area contributed by atoms with E-state index in [0.29, 0.717) is 49.6 Å². The Labute approximate surface area is 146 Å². The van der Waals surface area contributed by atoms with Gasteiger partial charge in [0, 0.05) is 25.2 Å². The number of hydrogen-bond acceptors (Lipinski definition) is 5. The summed E-state index contributed by atoms with van der Waals surface area (Å²) in [4.78, 5) is 0.103.